The molecule has 0 N–H and O–H groups in total. The van der Waals surface area contributed by atoms with Crippen LogP contribution in [0, 0.1) is 10.1 Å². The molecule has 0 aliphatic carbocycles. The van der Waals surface area contributed by atoms with Gasteiger partial charge in [0.2, 0.25) is 5.78 Å². The van der Waals surface area contributed by atoms with E-state index in [-0.39, 0.29) is 23.9 Å². The summed E-state index contributed by atoms with van der Waals surface area (Å²) in [6, 6.07) is 5.24. The summed E-state index contributed by atoms with van der Waals surface area (Å²) >= 11 is 0. The van der Waals surface area contributed by atoms with Crippen molar-refractivity contribution in [3.05, 3.63) is 39.9 Å². The standard InChI is InChI=1S/C11H9NO5/c13-10-6-5-9(17-10)11(14)7-1-3-8(4-2-7)12(15)16/h1-4,9H,5-6H2. The predicted octanol–water partition coefficient (Wildman–Crippen LogP) is 1.48. The summed E-state index contributed by atoms with van der Waals surface area (Å²) in [4.78, 5) is 32.6. The number of nitrogens with zero attached hydrogens (tertiary/aromatic N) is 1. The molecular formula is C11H9NO5. The highest BCUT2D eigenvalue weighted by Crippen LogP contribution is 2.20. The number of nitro groups is 1. The lowest BCUT2D eigenvalue weighted by Gasteiger charge is -2.07. The van der Waals surface area contributed by atoms with Crippen LogP contribution in [-0.2, 0) is 9.53 Å². The first-order valence-electron chi connectivity index (χ1n) is 5.06. The number of carbonyl (C=O) groups is 2. The molecule has 1 unspecified atom stereocenters. The molecule has 1 fully saturated rings. The monoisotopic (exact) mass is 235 g/mol. The minimum atomic E-state index is -0.746. The molecule has 0 radical (unpaired) electrons. The molecule has 6 nitrogen and oxygen atoms in total. The zero-order valence-electron chi connectivity index (χ0n) is 8.79. The van der Waals surface area contributed by atoms with E-state index in [0.29, 0.717) is 12.0 Å². The third-order valence-corrected chi connectivity index (χ3v) is 2.54. The molecule has 88 valence electrons. The minimum Gasteiger partial charge on any atom is -0.454 e. The Morgan fingerprint density at radius 2 is 2.00 bits per heavy atom. The van der Waals surface area contributed by atoms with E-state index in [2.05, 4.69) is 0 Å². The third kappa shape index (κ3) is 2.30. The van der Waals surface area contributed by atoms with Gasteiger partial charge in [-0.05, 0) is 12.1 Å². The van der Waals surface area contributed by atoms with Crippen molar-refractivity contribution < 1.29 is 19.2 Å². The Balaban J connectivity index is 2.14. The Labute approximate surface area is 96.3 Å². The van der Waals surface area contributed by atoms with Crippen molar-refractivity contribution in [1.29, 1.82) is 0 Å². The lowest BCUT2D eigenvalue weighted by atomic mass is 10.0. The molecule has 0 bridgehead atoms. The third-order valence-electron chi connectivity index (χ3n) is 2.54. The number of ketones is 1. The molecule has 0 amide bonds. The van der Waals surface area contributed by atoms with Crippen LogP contribution in [0.25, 0.3) is 0 Å². The first kappa shape index (κ1) is 11.3. The molecule has 0 spiro atoms. The first-order valence-corrected chi connectivity index (χ1v) is 5.06. The maximum Gasteiger partial charge on any atom is 0.306 e. The molecule has 0 aromatic heterocycles. The summed E-state index contributed by atoms with van der Waals surface area (Å²) in [7, 11) is 0. The van der Waals surface area contributed by atoms with Crippen LogP contribution in [-0.4, -0.2) is 22.8 Å². The normalized spacial score (nSPS) is 18.8. The van der Waals surface area contributed by atoms with E-state index in [0.717, 1.165) is 0 Å². The molecule has 1 aromatic rings. The van der Waals surface area contributed by atoms with Crippen LogP contribution in [0.5, 0.6) is 0 Å². The number of hydrogen-bond donors (Lipinski definition) is 0. The van der Waals surface area contributed by atoms with Crippen molar-refractivity contribution in [1.82, 2.24) is 0 Å². The average Bonchev–Trinajstić information content (AvgIpc) is 2.75. The lowest BCUT2D eigenvalue weighted by Crippen LogP contribution is -2.20. The Hall–Kier alpha value is -2.24. The van der Waals surface area contributed by atoms with E-state index < -0.39 is 11.0 Å². The Morgan fingerprint density at radius 1 is 1.35 bits per heavy atom. The van der Waals surface area contributed by atoms with Crippen molar-refractivity contribution in [2.45, 2.75) is 18.9 Å². The van der Waals surface area contributed by atoms with Crippen LogP contribution in [0.3, 0.4) is 0 Å². The van der Waals surface area contributed by atoms with Crippen LogP contribution < -0.4 is 0 Å². The van der Waals surface area contributed by atoms with Crippen molar-refractivity contribution in [3.63, 3.8) is 0 Å². The Bertz CT molecular complexity index is 479. The van der Waals surface area contributed by atoms with Gasteiger partial charge in [-0.15, -0.1) is 0 Å². The number of hydrogen-bond acceptors (Lipinski definition) is 5. The first-order chi connectivity index (χ1) is 8.08. The number of rotatable bonds is 3. The van der Waals surface area contributed by atoms with Crippen LogP contribution >= 0.6 is 0 Å². The Morgan fingerprint density at radius 3 is 2.47 bits per heavy atom. The van der Waals surface area contributed by atoms with Crippen molar-refractivity contribution >= 4 is 17.4 Å². The fraction of sp³-hybridized carbons (Fsp3) is 0.273. The lowest BCUT2D eigenvalue weighted by molar-refractivity contribution is -0.384. The van der Waals surface area contributed by atoms with Gasteiger partial charge in [0.25, 0.3) is 5.69 Å². The summed E-state index contributed by atoms with van der Waals surface area (Å²) in [6.07, 6.45) is -0.137. The van der Waals surface area contributed by atoms with Crippen LogP contribution in [0.2, 0.25) is 0 Å². The highest BCUT2D eigenvalue weighted by Gasteiger charge is 2.30. The van der Waals surface area contributed by atoms with Gasteiger partial charge >= 0.3 is 5.97 Å². The second-order valence-corrected chi connectivity index (χ2v) is 3.69. The predicted molar refractivity (Wildman–Crippen MR) is 56.5 cm³/mol. The topological polar surface area (TPSA) is 86.5 Å². The zero-order valence-corrected chi connectivity index (χ0v) is 8.79. The number of nitro benzene ring substituents is 1. The van der Waals surface area contributed by atoms with Gasteiger partial charge in [0.05, 0.1) is 4.92 Å². The molecule has 17 heavy (non-hydrogen) atoms. The molecule has 1 atom stereocenters. The van der Waals surface area contributed by atoms with Gasteiger partial charge in [-0.25, -0.2) is 0 Å². The number of cyclic esters (lactones) is 1. The van der Waals surface area contributed by atoms with Gasteiger partial charge in [0.1, 0.15) is 0 Å². The number of carbonyl (C=O) groups excluding carboxylic acids is 2. The van der Waals surface area contributed by atoms with Gasteiger partial charge in [-0.1, -0.05) is 0 Å². The second kappa shape index (κ2) is 4.32. The van der Waals surface area contributed by atoms with E-state index in [1.54, 1.807) is 0 Å². The maximum absolute atomic E-state index is 11.8. The van der Waals surface area contributed by atoms with E-state index in [1.165, 1.54) is 24.3 Å². The molecule has 1 aliphatic rings. The zero-order chi connectivity index (χ0) is 12.4. The summed E-state index contributed by atoms with van der Waals surface area (Å²) in [5.74, 6) is -0.698. The molecular weight excluding hydrogens is 226 g/mol. The van der Waals surface area contributed by atoms with Crippen LogP contribution in [0.15, 0.2) is 24.3 Å². The molecule has 1 aromatic carbocycles. The van der Waals surface area contributed by atoms with Gasteiger partial charge in [0, 0.05) is 30.5 Å². The number of non-ortho nitro benzene ring substituents is 1. The van der Waals surface area contributed by atoms with Gasteiger partial charge in [0.15, 0.2) is 6.10 Å². The van der Waals surface area contributed by atoms with E-state index in [4.69, 9.17) is 4.74 Å². The summed E-state index contributed by atoms with van der Waals surface area (Å²) in [5.41, 5.74) is 0.236. The highest BCUT2D eigenvalue weighted by atomic mass is 16.6. The quantitative estimate of drug-likeness (QED) is 0.343. The number of esters is 1. The van der Waals surface area contributed by atoms with Crippen molar-refractivity contribution in [3.8, 4) is 0 Å². The molecule has 1 saturated heterocycles. The van der Waals surface area contributed by atoms with E-state index in [1.807, 2.05) is 0 Å². The summed E-state index contributed by atoms with van der Waals surface area (Å²) < 4.78 is 4.83. The van der Waals surface area contributed by atoms with E-state index in [9.17, 15) is 19.7 Å². The van der Waals surface area contributed by atoms with Gasteiger partial charge < -0.3 is 4.74 Å². The molecule has 1 heterocycles. The fourth-order valence-corrected chi connectivity index (χ4v) is 1.64. The molecule has 2 rings (SSSR count). The number of benzene rings is 1. The minimum absolute atomic E-state index is 0.0787. The van der Waals surface area contributed by atoms with Crippen LogP contribution in [0.1, 0.15) is 23.2 Å². The fourth-order valence-electron chi connectivity index (χ4n) is 1.64. The largest absolute Gasteiger partial charge is 0.454 e. The molecule has 6 heteroatoms. The molecule has 1 aliphatic heterocycles. The summed E-state index contributed by atoms with van der Waals surface area (Å²) in [5, 5.41) is 10.4. The number of ether oxygens (including phenoxy) is 1. The highest BCUT2D eigenvalue weighted by molar-refractivity contribution is 6.01. The van der Waals surface area contributed by atoms with Crippen molar-refractivity contribution in [2.75, 3.05) is 0 Å². The molecule has 0 saturated carbocycles. The number of Topliss-reactive ketones (excluding diaryl/α,β-unsaturated/α-hetero) is 1. The van der Waals surface area contributed by atoms with E-state index >= 15 is 0 Å². The second-order valence-electron chi connectivity index (χ2n) is 3.69. The van der Waals surface area contributed by atoms with Gasteiger partial charge in [-0.3, -0.25) is 19.7 Å². The summed E-state index contributed by atoms with van der Waals surface area (Å²) in [6.45, 7) is 0. The van der Waals surface area contributed by atoms with Gasteiger partial charge in [-0.2, -0.15) is 0 Å². The van der Waals surface area contributed by atoms with Crippen LogP contribution in [0.4, 0.5) is 5.69 Å². The van der Waals surface area contributed by atoms with Crippen molar-refractivity contribution in [2.24, 2.45) is 0 Å². The smallest absolute Gasteiger partial charge is 0.306 e. The Kier molecular flexibility index (Phi) is 2.86. The maximum atomic E-state index is 11.8. The average molecular weight is 235 g/mol. The SMILES string of the molecule is O=C1CCC(C(=O)c2ccc([N+](=O)[O-])cc2)O1.